The average molecular weight is 230 g/mol. The Morgan fingerprint density at radius 2 is 2.20 bits per heavy atom. The monoisotopic (exact) mass is 230 g/mol. The summed E-state index contributed by atoms with van der Waals surface area (Å²) in [5.74, 6) is -0.401. The molecule has 6 nitrogen and oxygen atoms in total. The number of esters is 1. The number of aryl methyl sites for hydroxylation is 1. The predicted molar refractivity (Wildman–Crippen MR) is 55.3 cm³/mol. The summed E-state index contributed by atoms with van der Waals surface area (Å²) in [6.07, 6.45) is 0. The highest BCUT2D eigenvalue weighted by Crippen LogP contribution is 2.25. The van der Waals surface area contributed by atoms with Gasteiger partial charge in [-0.2, -0.15) is 0 Å². The van der Waals surface area contributed by atoms with Crippen LogP contribution in [0.15, 0.2) is 5.16 Å². The van der Waals surface area contributed by atoms with Crippen LogP contribution in [0.1, 0.15) is 13.8 Å². The van der Waals surface area contributed by atoms with Crippen molar-refractivity contribution in [2.24, 2.45) is 13.0 Å². The fourth-order valence-corrected chi connectivity index (χ4v) is 1.89. The number of hydrogen-bond donors (Lipinski definition) is 0. The topological polar surface area (TPSA) is 69.9 Å². The standard InChI is InChI=1S/C8H14N4O2S/c1-5(7(13)14-4)6(2)15-8-9-10-11-12(8)3/h5-6H,1-4H3. The van der Waals surface area contributed by atoms with Gasteiger partial charge < -0.3 is 4.74 Å². The van der Waals surface area contributed by atoms with Crippen molar-refractivity contribution in [1.82, 2.24) is 20.2 Å². The van der Waals surface area contributed by atoms with Crippen molar-refractivity contribution >= 4 is 17.7 Å². The summed E-state index contributed by atoms with van der Waals surface area (Å²) < 4.78 is 6.25. The molecule has 0 amide bonds. The van der Waals surface area contributed by atoms with Crippen LogP contribution in [0.4, 0.5) is 0 Å². The molecule has 0 aliphatic heterocycles. The molecule has 0 aliphatic carbocycles. The second kappa shape index (κ2) is 5.11. The van der Waals surface area contributed by atoms with Crippen LogP contribution in [0.5, 0.6) is 0 Å². The number of carbonyl (C=O) groups excluding carboxylic acids is 1. The molecule has 1 rings (SSSR count). The predicted octanol–water partition coefficient (Wildman–Crippen LogP) is 0.500. The van der Waals surface area contributed by atoms with E-state index >= 15 is 0 Å². The fourth-order valence-electron chi connectivity index (χ4n) is 0.967. The third-order valence-electron chi connectivity index (χ3n) is 2.15. The SMILES string of the molecule is COC(=O)C(C)C(C)Sc1nnnn1C. The number of tetrazole rings is 1. The molecule has 84 valence electrons. The van der Waals surface area contributed by atoms with E-state index in [0.29, 0.717) is 5.16 Å². The van der Waals surface area contributed by atoms with Crippen molar-refractivity contribution in [1.29, 1.82) is 0 Å². The molecule has 0 aromatic carbocycles. The fraction of sp³-hybridized carbons (Fsp3) is 0.750. The van der Waals surface area contributed by atoms with Crippen LogP contribution in [-0.4, -0.2) is 38.5 Å². The number of aromatic nitrogens is 4. The lowest BCUT2D eigenvalue weighted by Crippen LogP contribution is -2.22. The molecule has 2 atom stereocenters. The molecule has 15 heavy (non-hydrogen) atoms. The largest absolute Gasteiger partial charge is 0.469 e. The maximum atomic E-state index is 11.3. The molecule has 0 radical (unpaired) electrons. The van der Waals surface area contributed by atoms with E-state index in [1.807, 2.05) is 13.8 Å². The molecule has 0 spiro atoms. The van der Waals surface area contributed by atoms with E-state index in [1.54, 1.807) is 11.7 Å². The molecule has 0 N–H and O–H groups in total. The maximum Gasteiger partial charge on any atom is 0.309 e. The zero-order chi connectivity index (χ0) is 11.4. The van der Waals surface area contributed by atoms with Gasteiger partial charge in [0.25, 0.3) is 0 Å². The van der Waals surface area contributed by atoms with Crippen LogP contribution in [0.25, 0.3) is 0 Å². The Balaban J connectivity index is 2.59. The minimum Gasteiger partial charge on any atom is -0.469 e. The van der Waals surface area contributed by atoms with Gasteiger partial charge in [-0.15, -0.1) is 5.10 Å². The van der Waals surface area contributed by atoms with Crippen LogP contribution in [-0.2, 0) is 16.6 Å². The number of carbonyl (C=O) groups is 1. The second-order valence-corrected chi connectivity index (χ2v) is 4.56. The summed E-state index contributed by atoms with van der Waals surface area (Å²) in [5.41, 5.74) is 0. The molecule has 1 aromatic rings. The van der Waals surface area contributed by atoms with Crippen molar-refractivity contribution in [3.63, 3.8) is 0 Å². The van der Waals surface area contributed by atoms with Gasteiger partial charge in [0.05, 0.1) is 13.0 Å². The van der Waals surface area contributed by atoms with E-state index in [1.165, 1.54) is 18.9 Å². The van der Waals surface area contributed by atoms with E-state index in [4.69, 9.17) is 0 Å². The molecular weight excluding hydrogens is 216 g/mol. The Morgan fingerprint density at radius 1 is 1.53 bits per heavy atom. The normalized spacial score (nSPS) is 14.7. The zero-order valence-electron chi connectivity index (χ0n) is 9.17. The van der Waals surface area contributed by atoms with Gasteiger partial charge in [0.15, 0.2) is 0 Å². The minimum absolute atomic E-state index is 0.0714. The lowest BCUT2D eigenvalue weighted by molar-refractivity contribution is -0.144. The van der Waals surface area contributed by atoms with Crippen molar-refractivity contribution in [3.8, 4) is 0 Å². The molecule has 7 heteroatoms. The molecule has 2 unspecified atom stereocenters. The van der Waals surface area contributed by atoms with Crippen LogP contribution in [0.3, 0.4) is 0 Å². The van der Waals surface area contributed by atoms with Crippen LogP contribution < -0.4 is 0 Å². The smallest absolute Gasteiger partial charge is 0.309 e. The van der Waals surface area contributed by atoms with E-state index in [-0.39, 0.29) is 17.1 Å². The lowest BCUT2D eigenvalue weighted by atomic mass is 10.1. The third-order valence-corrected chi connectivity index (χ3v) is 3.49. The van der Waals surface area contributed by atoms with Crippen LogP contribution >= 0.6 is 11.8 Å². The number of ether oxygens (including phenoxy) is 1. The van der Waals surface area contributed by atoms with Crippen molar-refractivity contribution in [2.75, 3.05) is 7.11 Å². The van der Waals surface area contributed by atoms with Crippen molar-refractivity contribution < 1.29 is 9.53 Å². The highest BCUT2D eigenvalue weighted by atomic mass is 32.2. The first-order valence-electron chi connectivity index (χ1n) is 4.53. The zero-order valence-corrected chi connectivity index (χ0v) is 9.98. The highest BCUT2D eigenvalue weighted by molar-refractivity contribution is 7.99. The summed E-state index contributed by atoms with van der Waals surface area (Å²) in [6, 6.07) is 0. The van der Waals surface area contributed by atoms with Gasteiger partial charge in [-0.3, -0.25) is 4.79 Å². The second-order valence-electron chi connectivity index (χ2n) is 3.22. The van der Waals surface area contributed by atoms with Gasteiger partial charge in [0.2, 0.25) is 5.16 Å². The molecule has 1 heterocycles. The number of thioether (sulfide) groups is 1. The molecule has 0 aliphatic rings. The summed E-state index contributed by atoms with van der Waals surface area (Å²) in [5, 5.41) is 11.8. The molecule has 0 saturated heterocycles. The first-order chi connectivity index (χ1) is 7.06. The molecule has 0 bridgehead atoms. The Kier molecular flexibility index (Phi) is 4.07. The third kappa shape index (κ3) is 2.92. The van der Waals surface area contributed by atoms with E-state index < -0.39 is 0 Å². The van der Waals surface area contributed by atoms with E-state index in [9.17, 15) is 4.79 Å². The van der Waals surface area contributed by atoms with Gasteiger partial charge in [-0.1, -0.05) is 25.6 Å². The van der Waals surface area contributed by atoms with Gasteiger partial charge in [-0.25, -0.2) is 4.68 Å². The number of nitrogens with zero attached hydrogens (tertiary/aromatic N) is 4. The van der Waals surface area contributed by atoms with Crippen molar-refractivity contribution in [3.05, 3.63) is 0 Å². The van der Waals surface area contributed by atoms with E-state index in [0.717, 1.165) is 0 Å². The quantitative estimate of drug-likeness (QED) is 0.554. The van der Waals surface area contributed by atoms with Gasteiger partial charge >= 0.3 is 5.97 Å². The minimum atomic E-state index is -0.217. The Labute approximate surface area is 92.4 Å². The molecular formula is C8H14N4O2S. The number of rotatable bonds is 4. The first kappa shape index (κ1) is 12.0. The number of methoxy groups -OCH3 is 1. The van der Waals surface area contributed by atoms with E-state index in [2.05, 4.69) is 20.3 Å². The summed E-state index contributed by atoms with van der Waals surface area (Å²) in [4.78, 5) is 11.3. The summed E-state index contributed by atoms with van der Waals surface area (Å²) >= 11 is 1.45. The molecule has 0 saturated carbocycles. The Morgan fingerprint density at radius 3 is 2.67 bits per heavy atom. The maximum absolute atomic E-state index is 11.3. The lowest BCUT2D eigenvalue weighted by Gasteiger charge is -2.15. The Bertz CT molecular complexity index is 341. The van der Waals surface area contributed by atoms with Gasteiger partial charge in [-0.05, 0) is 10.4 Å². The van der Waals surface area contributed by atoms with Crippen molar-refractivity contribution in [2.45, 2.75) is 24.3 Å². The Hall–Kier alpha value is -1.11. The average Bonchev–Trinajstić information content (AvgIpc) is 2.62. The van der Waals surface area contributed by atoms with Crippen LogP contribution in [0.2, 0.25) is 0 Å². The summed E-state index contributed by atoms with van der Waals surface area (Å²) in [6.45, 7) is 3.77. The summed E-state index contributed by atoms with van der Waals surface area (Å²) in [7, 11) is 3.15. The molecule has 1 aromatic heterocycles. The highest BCUT2D eigenvalue weighted by Gasteiger charge is 2.23. The molecule has 0 fully saturated rings. The first-order valence-corrected chi connectivity index (χ1v) is 5.41. The number of hydrogen-bond acceptors (Lipinski definition) is 6. The van der Waals surface area contributed by atoms with Gasteiger partial charge in [0.1, 0.15) is 0 Å². The van der Waals surface area contributed by atoms with Gasteiger partial charge in [0, 0.05) is 12.3 Å². The van der Waals surface area contributed by atoms with Crippen LogP contribution in [0, 0.1) is 5.92 Å².